The number of hydrogen-bond donors (Lipinski definition) is 1. The third-order valence-corrected chi connectivity index (χ3v) is 3.33. The summed E-state index contributed by atoms with van der Waals surface area (Å²) < 4.78 is 0. The first-order chi connectivity index (χ1) is 8.72. The first-order valence-electron chi connectivity index (χ1n) is 5.27. The summed E-state index contributed by atoms with van der Waals surface area (Å²) in [5.74, 6) is -0.240. The lowest BCUT2D eigenvalue weighted by atomic mass is 10.2. The van der Waals surface area contributed by atoms with Crippen molar-refractivity contribution in [3.05, 3.63) is 58.9 Å². The maximum Gasteiger partial charge on any atom is 0.257 e. The Morgan fingerprint density at radius 1 is 1.33 bits per heavy atom. The van der Waals surface area contributed by atoms with Gasteiger partial charge in [0.05, 0.1) is 10.6 Å². The van der Waals surface area contributed by atoms with E-state index < -0.39 is 0 Å². The van der Waals surface area contributed by atoms with Crippen molar-refractivity contribution in [2.75, 3.05) is 5.32 Å². The molecule has 0 unspecified atom stereocenters. The largest absolute Gasteiger partial charge is 0.322 e. The smallest absolute Gasteiger partial charge is 0.257 e. The van der Waals surface area contributed by atoms with E-state index in [1.165, 1.54) is 12.4 Å². The molecule has 2 rings (SSSR count). The van der Waals surface area contributed by atoms with Crippen LogP contribution >= 0.6 is 27.5 Å². The number of anilines is 1. The van der Waals surface area contributed by atoms with Gasteiger partial charge in [-0.2, -0.15) is 0 Å². The Labute approximate surface area is 118 Å². The fourth-order valence-corrected chi connectivity index (χ4v) is 2.20. The van der Waals surface area contributed by atoms with E-state index in [-0.39, 0.29) is 5.91 Å². The summed E-state index contributed by atoms with van der Waals surface area (Å²) in [6.07, 6.45) is 2.99. The minimum atomic E-state index is -0.240. The highest BCUT2D eigenvalue weighted by Crippen LogP contribution is 2.20. The van der Waals surface area contributed by atoms with Gasteiger partial charge in [-0.3, -0.25) is 9.78 Å². The highest BCUT2D eigenvalue weighted by Gasteiger charge is 2.11. The van der Waals surface area contributed by atoms with Gasteiger partial charge in [-0.15, -0.1) is 0 Å². The van der Waals surface area contributed by atoms with E-state index in [2.05, 4.69) is 26.2 Å². The van der Waals surface area contributed by atoms with Gasteiger partial charge in [0.1, 0.15) is 0 Å². The number of para-hydroxylation sites is 1. The van der Waals surface area contributed by atoms with Gasteiger partial charge < -0.3 is 5.32 Å². The van der Waals surface area contributed by atoms with Crippen LogP contribution in [0.15, 0.2) is 42.7 Å². The molecule has 0 fully saturated rings. The molecule has 0 radical (unpaired) electrons. The number of alkyl halides is 1. The molecule has 3 nitrogen and oxygen atoms in total. The van der Waals surface area contributed by atoms with Gasteiger partial charge in [-0.25, -0.2) is 0 Å². The van der Waals surface area contributed by atoms with Crippen molar-refractivity contribution in [2.24, 2.45) is 0 Å². The van der Waals surface area contributed by atoms with Crippen molar-refractivity contribution in [2.45, 2.75) is 5.33 Å². The van der Waals surface area contributed by atoms with Crippen LogP contribution in [0, 0.1) is 0 Å². The third kappa shape index (κ3) is 2.89. The van der Waals surface area contributed by atoms with Crippen molar-refractivity contribution in [3.63, 3.8) is 0 Å². The summed E-state index contributed by atoms with van der Waals surface area (Å²) in [6.45, 7) is 0. The molecule has 0 spiro atoms. The molecule has 0 bridgehead atoms. The van der Waals surface area contributed by atoms with E-state index in [0.29, 0.717) is 15.9 Å². The fourth-order valence-electron chi connectivity index (χ4n) is 1.51. The molecule has 0 aliphatic rings. The molecule has 1 N–H and O–H groups in total. The number of aromatic nitrogens is 1. The van der Waals surface area contributed by atoms with Crippen LogP contribution in [0.3, 0.4) is 0 Å². The molecule has 1 aromatic heterocycles. The number of carbonyl (C=O) groups is 1. The van der Waals surface area contributed by atoms with Gasteiger partial charge in [0, 0.05) is 23.4 Å². The second-order valence-corrected chi connectivity index (χ2v) is 4.57. The fraction of sp³-hybridized carbons (Fsp3) is 0.0769. The van der Waals surface area contributed by atoms with Gasteiger partial charge >= 0.3 is 0 Å². The summed E-state index contributed by atoms with van der Waals surface area (Å²) in [5.41, 5.74) is 2.19. The predicted molar refractivity (Wildman–Crippen MR) is 76.3 cm³/mol. The molecular weight excluding hydrogens is 316 g/mol. The van der Waals surface area contributed by atoms with Crippen molar-refractivity contribution < 1.29 is 4.79 Å². The Kier molecular flexibility index (Phi) is 4.33. The number of nitrogens with zero attached hydrogens (tertiary/aromatic N) is 1. The molecule has 1 aromatic carbocycles. The van der Waals surface area contributed by atoms with Gasteiger partial charge in [0.25, 0.3) is 5.91 Å². The van der Waals surface area contributed by atoms with Gasteiger partial charge in [0.2, 0.25) is 0 Å². The van der Waals surface area contributed by atoms with E-state index in [1.54, 1.807) is 6.07 Å². The predicted octanol–water partition coefficient (Wildman–Crippen LogP) is 3.88. The topological polar surface area (TPSA) is 42.0 Å². The molecule has 1 heterocycles. The van der Waals surface area contributed by atoms with Crippen molar-refractivity contribution in [3.8, 4) is 0 Å². The number of halogens is 2. The summed E-state index contributed by atoms with van der Waals surface area (Å²) in [6, 6.07) is 9.18. The molecule has 18 heavy (non-hydrogen) atoms. The second-order valence-electron chi connectivity index (χ2n) is 3.60. The van der Waals surface area contributed by atoms with E-state index >= 15 is 0 Å². The minimum Gasteiger partial charge on any atom is -0.322 e. The summed E-state index contributed by atoms with van der Waals surface area (Å²) in [4.78, 5) is 15.9. The van der Waals surface area contributed by atoms with E-state index in [9.17, 15) is 4.79 Å². The summed E-state index contributed by atoms with van der Waals surface area (Å²) in [5, 5.41) is 3.85. The zero-order valence-electron chi connectivity index (χ0n) is 9.36. The van der Waals surface area contributed by atoms with Crippen LogP contribution in [-0.4, -0.2) is 10.9 Å². The van der Waals surface area contributed by atoms with Crippen LogP contribution in [0.25, 0.3) is 0 Å². The van der Waals surface area contributed by atoms with Crippen molar-refractivity contribution >= 4 is 39.1 Å². The molecule has 0 atom stereocenters. The Morgan fingerprint density at radius 3 is 2.83 bits per heavy atom. The van der Waals surface area contributed by atoms with Crippen molar-refractivity contribution in [1.29, 1.82) is 0 Å². The van der Waals surface area contributed by atoms with E-state index in [4.69, 9.17) is 11.6 Å². The lowest BCUT2D eigenvalue weighted by molar-refractivity contribution is 0.102. The lowest BCUT2D eigenvalue weighted by Crippen LogP contribution is -2.13. The highest BCUT2D eigenvalue weighted by atomic mass is 79.9. The molecular formula is C13H10BrClN2O. The zero-order valence-corrected chi connectivity index (χ0v) is 11.7. The maximum atomic E-state index is 12.1. The first-order valence-corrected chi connectivity index (χ1v) is 6.77. The third-order valence-electron chi connectivity index (χ3n) is 2.43. The average Bonchev–Trinajstić information content (AvgIpc) is 2.39. The van der Waals surface area contributed by atoms with Gasteiger partial charge in [-0.1, -0.05) is 45.7 Å². The lowest BCUT2D eigenvalue weighted by Gasteiger charge is -2.09. The number of rotatable bonds is 3. The number of nitrogens with one attached hydrogen (secondary N) is 1. The molecule has 5 heteroatoms. The highest BCUT2D eigenvalue weighted by molar-refractivity contribution is 9.08. The van der Waals surface area contributed by atoms with Crippen LogP contribution in [0.1, 0.15) is 15.9 Å². The van der Waals surface area contributed by atoms with Gasteiger partial charge in [0.15, 0.2) is 0 Å². The molecule has 92 valence electrons. The number of hydrogen-bond acceptors (Lipinski definition) is 2. The second kappa shape index (κ2) is 5.98. The zero-order chi connectivity index (χ0) is 13.0. The van der Waals surface area contributed by atoms with E-state index in [1.807, 2.05) is 24.3 Å². The number of amides is 1. The van der Waals surface area contributed by atoms with Crippen LogP contribution in [0.4, 0.5) is 5.69 Å². The molecule has 0 aliphatic carbocycles. The number of benzene rings is 1. The summed E-state index contributed by atoms with van der Waals surface area (Å²) in [7, 11) is 0. The van der Waals surface area contributed by atoms with Crippen LogP contribution < -0.4 is 5.32 Å². The summed E-state index contributed by atoms with van der Waals surface area (Å²) >= 11 is 9.31. The minimum absolute atomic E-state index is 0.240. The van der Waals surface area contributed by atoms with Crippen LogP contribution in [0.2, 0.25) is 5.02 Å². The van der Waals surface area contributed by atoms with Crippen LogP contribution in [0.5, 0.6) is 0 Å². The molecule has 0 saturated carbocycles. The SMILES string of the molecule is O=C(Nc1ccccc1CBr)c1ccncc1Cl. The first kappa shape index (κ1) is 13.1. The van der Waals surface area contributed by atoms with Crippen LogP contribution in [-0.2, 0) is 5.33 Å². The Hall–Kier alpha value is -1.39. The Bertz CT molecular complexity index is 574. The Balaban J connectivity index is 2.24. The molecule has 0 saturated heterocycles. The average molecular weight is 326 g/mol. The normalized spacial score (nSPS) is 10.1. The van der Waals surface area contributed by atoms with E-state index in [0.717, 1.165) is 11.3 Å². The standard InChI is InChI=1S/C13H10BrClN2O/c14-7-9-3-1-2-4-12(9)17-13(18)10-5-6-16-8-11(10)15/h1-6,8H,7H2,(H,17,18). The van der Waals surface area contributed by atoms with Crippen molar-refractivity contribution in [1.82, 2.24) is 4.98 Å². The maximum absolute atomic E-state index is 12.1. The number of pyridine rings is 1. The molecule has 1 amide bonds. The Morgan fingerprint density at radius 2 is 2.11 bits per heavy atom. The number of carbonyl (C=O) groups excluding carboxylic acids is 1. The van der Waals surface area contributed by atoms with Gasteiger partial charge in [-0.05, 0) is 17.7 Å². The quantitative estimate of drug-likeness (QED) is 0.870. The molecule has 0 aliphatic heterocycles. The monoisotopic (exact) mass is 324 g/mol. The molecule has 2 aromatic rings.